The van der Waals surface area contributed by atoms with Crippen molar-refractivity contribution in [3.05, 3.63) is 114 Å². The first-order valence-electron chi connectivity index (χ1n) is 9.48. The zero-order valence-electron chi connectivity index (χ0n) is 16.1. The van der Waals surface area contributed by atoms with Crippen LogP contribution in [0.2, 0.25) is 0 Å². The van der Waals surface area contributed by atoms with E-state index in [9.17, 15) is 15.0 Å². The summed E-state index contributed by atoms with van der Waals surface area (Å²) >= 11 is 0. The molecule has 0 aliphatic heterocycles. The van der Waals surface area contributed by atoms with Crippen LogP contribution in [0, 0.1) is 0 Å². The van der Waals surface area contributed by atoms with Gasteiger partial charge in [0.05, 0.1) is 6.21 Å². The third kappa shape index (κ3) is 3.54. The molecule has 5 heteroatoms. The van der Waals surface area contributed by atoms with Gasteiger partial charge in [-0.2, -0.15) is 5.10 Å². The van der Waals surface area contributed by atoms with Crippen LogP contribution in [0.3, 0.4) is 0 Å². The molecule has 5 nitrogen and oxygen atoms in total. The maximum Gasteiger partial charge on any atom is 0.281 e. The number of nitrogens with zero attached hydrogens (tertiary/aromatic N) is 1. The molecule has 0 spiro atoms. The summed E-state index contributed by atoms with van der Waals surface area (Å²) in [6.07, 6.45) is 1.38. The molecule has 0 bridgehead atoms. The predicted molar refractivity (Wildman–Crippen MR) is 117 cm³/mol. The summed E-state index contributed by atoms with van der Waals surface area (Å²) in [5.41, 5.74) is 1.85. The summed E-state index contributed by atoms with van der Waals surface area (Å²) in [4.78, 5) is 13.1. The minimum absolute atomic E-state index is 0.0491. The maximum absolute atomic E-state index is 13.1. The number of rotatable bonds is 5. The van der Waals surface area contributed by atoms with E-state index in [2.05, 4.69) is 10.5 Å². The van der Waals surface area contributed by atoms with E-state index in [-0.39, 0.29) is 5.75 Å². The quantitative estimate of drug-likeness (QED) is 0.353. The second-order valence-electron chi connectivity index (χ2n) is 6.86. The normalized spacial score (nSPS) is 11.6. The number of nitrogens with one attached hydrogen (secondary N) is 1. The Morgan fingerprint density at radius 1 is 0.800 bits per heavy atom. The Hall–Kier alpha value is -3.96. The lowest BCUT2D eigenvalue weighted by Crippen LogP contribution is -2.43. The highest BCUT2D eigenvalue weighted by molar-refractivity contribution is 6.02. The molecule has 0 atom stereocenters. The summed E-state index contributed by atoms with van der Waals surface area (Å²) in [6, 6.07) is 28.4. The van der Waals surface area contributed by atoms with Gasteiger partial charge in [0, 0.05) is 5.56 Å². The first-order valence-corrected chi connectivity index (χ1v) is 9.48. The van der Waals surface area contributed by atoms with Crippen molar-refractivity contribution >= 4 is 22.9 Å². The van der Waals surface area contributed by atoms with Gasteiger partial charge in [0.15, 0.2) is 5.60 Å². The number of carbonyl (C=O) groups excluding carboxylic acids is 1. The average Bonchev–Trinajstić information content (AvgIpc) is 2.81. The van der Waals surface area contributed by atoms with Crippen LogP contribution in [0.15, 0.2) is 102 Å². The predicted octanol–water partition coefficient (Wildman–Crippen LogP) is 3.93. The Balaban J connectivity index is 1.67. The SMILES string of the molecule is O=C(N/N=C/c1c(O)ccc2ccccc12)C(O)(c1ccccc1)c1ccccc1. The van der Waals surface area contributed by atoms with Crippen LogP contribution in [0.25, 0.3) is 10.8 Å². The Morgan fingerprint density at radius 2 is 1.37 bits per heavy atom. The highest BCUT2D eigenvalue weighted by Gasteiger charge is 2.39. The zero-order valence-corrected chi connectivity index (χ0v) is 16.1. The van der Waals surface area contributed by atoms with Crippen LogP contribution in [-0.4, -0.2) is 22.3 Å². The highest BCUT2D eigenvalue weighted by atomic mass is 16.3. The molecule has 0 heterocycles. The number of benzene rings is 4. The molecule has 0 aromatic heterocycles. The molecule has 0 fully saturated rings. The fraction of sp³-hybridized carbons (Fsp3) is 0.0400. The largest absolute Gasteiger partial charge is 0.507 e. The lowest BCUT2D eigenvalue weighted by atomic mass is 9.85. The number of amides is 1. The molecule has 1 amide bonds. The molecule has 0 saturated carbocycles. The van der Waals surface area contributed by atoms with Crippen LogP contribution in [0.1, 0.15) is 16.7 Å². The molecule has 0 radical (unpaired) electrons. The van der Waals surface area contributed by atoms with E-state index < -0.39 is 11.5 Å². The van der Waals surface area contributed by atoms with Crippen molar-refractivity contribution in [2.75, 3.05) is 0 Å². The van der Waals surface area contributed by atoms with E-state index >= 15 is 0 Å². The first-order chi connectivity index (χ1) is 14.6. The van der Waals surface area contributed by atoms with Crippen LogP contribution < -0.4 is 5.43 Å². The molecule has 3 N–H and O–H groups in total. The molecule has 4 aromatic rings. The van der Waals surface area contributed by atoms with E-state index in [0.717, 1.165) is 10.8 Å². The average molecular weight is 396 g/mol. The number of carbonyl (C=O) groups is 1. The van der Waals surface area contributed by atoms with Crippen LogP contribution >= 0.6 is 0 Å². The van der Waals surface area contributed by atoms with Gasteiger partial charge >= 0.3 is 0 Å². The topological polar surface area (TPSA) is 81.9 Å². The monoisotopic (exact) mass is 396 g/mol. The number of phenolic OH excluding ortho intramolecular Hbond substituents is 1. The van der Waals surface area contributed by atoms with Gasteiger partial charge < -0.3 is 10.2 Å². The minimum atomic E-state index is -1.92. The van der Waals surface area contributed by atoms with Crippen molar-refractivity contribution in [3.63, 3.8) is 0 Å². The molecular formula is C25H20N2O3. The van der Waals surface area contributed by atoms with Crippen molar-refractivity contribution in [1.29, 1.82) is 0 Å². The highest BCUT2D eigenvalue weighted by Crippen LogP contribution is 2.30. The van der Waals surface area contributed by atoms with Gasteiger partial charge in [-0.15, -0.1) is 0 Å². The van der Waals surface area contributed by atoms with Gasteiger partial charge in [-0.3, -0.25) is 4.79 Å². The maximum atomic E-state index is 13.1. The Morgan fingerprint density at radius 3 is 2.00 bits per heavy atom. The third-order valence-corrected chi connectivity index (χ3v) is 5.02. The molecular weight excluding hydrogens is 376 g/mol. The van der Waals surface area contributed by atoms with Gasteiger partial charge in [0.1, 0.15) is 5.75 Å². The van der Waals surface area contributed by atoms with Crippen LogP contribution in [0.5, 0.6) is 5.75 Å². The fourth-order valence-corrected chi connectivity index (χ4v) is 3.44. The van der Waals surface area contributed by atoms with Crippen LogP contribution in [-0.2, 0) is 10.4 Å². The zero-order chi connectivity index (χ0) is 21.0. The summed E-state index contributed by atoms with van der Waals surface area (Å²) in [7, 11) is 0. The molecule has 0 saturated heterocycles. The van der Waals surface area contributed by atoms with E-state index in [0.29, 0.717) is 16.7 Å². The van der Waals surface area contributed by atoms with Gasteiger partial charge in [-0.1, -0.05) is 91.0 Å². The number of aliphatic hydroxyl groups is 1. The third-order valence-electron chi connectivity index (χ3n) is 5.02. The van der Waals surface area contributed by atoms with Crippen molar-refractivity contribution < 1.29 is 15.0 Å². The Kier molecular flexibility index (Phi) is 5.28. The number of hydrazone groups is 1. The van der Waals surface area contributed by atoms with E-state index in [4.69, 9.17) is 0 Å². The van der Waals surface area contributed by atoms with Crippen molar-refractivity contribution in [2.45, 2.75) is 5.60 Å². The van der Waals surface area contributed by atoms with E-state index in [1.54, 1.807) is 54.6 Å². The molecule has 0 aliphatic carbocycles. The molecule has 0 aliphatic rings. The van der Waals surface area contributed by atoms with Gasteiger partial charge in [0.2, 0.25) is 0 Å². The van der Waals surface area contributed by atoms with Gasteiger partial charge in [-0.05, 0) is 28.0 Å². The summed E-state index contributed by atoms with van der Waals surface area (Å²) in [5.74, 6) is -0.649. The summed E-state index contributed by atoms with van der Waals surface area (Å²) in [6.45, 7) is 0. The number of hydrogen-bond donors (Lipinski definition) is 3. The second-order valence-corrected chi connectivity index (χ2v) is 6.86. The minimum Gasteiger partial charge on any atom is -0.507 e. The van der Waals surface area contributed by atoms with Gasteiger partial charge in [-0.25, -0.2) is 5.43 Å². The number of aromatic hydroxyl groups is 1. The van der Waals surface area contributed by atoms with E-state index in [1.165, 1.54) is 6.21 Å². The number of fused-ring (bicyclic) bond motifs is 1. The summed E-state index contributed by atoms with van der Waals surface area (Å²) < 4.78 is 0. The summed E-state index contributed by atoms with van der Waals surface area (Å²) in [5, 5.41) is 27.4. The molecule has 0 unspecified atom stereocenters. The molecule has 4 rings (SSSR count). The van der Waals surface area contributed by atoms with Crippen molar-refractivity contribution in [1.82, 2.24) is 5.43 Å². The lowest BCUT2D eigenvalue weighted by molar-refractivity contribution is -0.136. The Labute approximate surface area is 173 Å². The molecule has 30 heavy (non-hydrogen) atoms. The molecule has 4 aromatic carbocycles. The lowest BCUT2D eigenvalue weighted by Gasteiger charge is -2.27. The fourth-order valence-electron chi connectivity index (χ4n) is 3.44. The molecule has 148 valence electrons. The van der Waals surface area contributed by atoms with Gasteiger partial charge in [0.25, 0.3) is 5.91 Å². The van der Waals surface area contributed by atoms with E-state index in [1.807, 2.05) is 42.5 Å². The first kappa shape index (κ1) is 19.4. The van der Waals surface area contributed by atoms with Crippen molar-refractivity contribution in [3.8, 4) is 5.75 Å². The van der Waals surface area contributed by atoms with Crippen molar-refractivity contribution in [2.24, 2.45) is 5.10 Å². The number of hydrogen-bond acceptors (Lipinski definition) is 4. The van der Waals surface area contributed by atoms with Crippen LogP contribution in [0.4, 0.5) is 0 Å². The smallest absolute Gasteiger partial charge is 0.281 e. The standard InChI is InChI=1S/C25H20N2O3/c28-23-16-15-18-9-7-8-14-21(18)22(23)17-26-27-24(29)25(30,19-10-3-1-4-11-19)20-12-5-2-6-13-20/h1-17,28,30H,(H,27,29)/b26-17+. The number of phenols is 1. The second kappa shape index (κ2) is 8.19. The Bertz CT molecular complexity index is 1170.